The van der Waals surface area contributed by atoms with E-state index in [4.69, 9.17) is 9.79 Å². The summed E-state index contributed by atoms with van der Waals surface area (Å²) >= 11 is 0. The molecule has 0 rings (SSSR count). The largest absolute Gasteiger partial charge is 1.00 e. The van der Waals surface area contributed by atoms with Crippen LogP contribution in [0, 0.1) is 0 Å². The molecule has 0 heterocycles. The van der Waals surface area contributed by atoms with Crippen LogP contribution < -0.4 is 29.6 Å². The molecule has 0 fully saturated rings. The summed E-state index contributed by atoms with van der Waals surface area (Å²) in [6.07, 6.45) is 5.16. The molecule has 0 aliphatic rings. The molecule has 76 valence electrons. The molecule has 6 heteroatoms. The van der Waals surface area contributed by atoms with Crippen LogP contribution in [-0.4, -0.2) is 16.4 Å². The second-order valence-corrected chi connectivity index (χ2v) is 3.98. The maximum atomic E-state index is 10.2. The van der Waals surface area contributed by atoms with Crippen molar-refractivity contribution in [3.05, 3.63) is 0 Å². The average Bonchev–Trinajstić information content (AvgIpc) is 1.94. The fourth-order valence-corrected chi connectivity index (χ4v) is 1.26. The Balaban J connectivity index is -0.000000605. The molecule has 0 aliphatic heterocycles. The predicted molar refractivity (Wildman–Crippen MR) is 47.9 cm³/mol. The van der Waals surface area contributed by atoms with Gasteiger partial charge in [-0.05, 0) is 6.42 Å². The molecule has 0 aromatic carbocycles. The van der Waals surface area contributed by atoms with Crippen molar-refractivity contribution < 1.29 is 49.9 Å². The molecule has 0 aliphatic carbocycles. The van der Waals surface area contributed by atoms with E-state index in [1.165, 1.54) is 12.8 Å². The number of hydrogen-bond donors (Lipinski definition) is 2. The number of phosphoric acid groups is 1. The van der Waals surface area contributed by atoms with E-state index >= 15 is 0 Å². The summed E-state index contributed by atoms with van der Waals surface area (Å²) < 4.78 is 14.5. The monoisotopic (exact) mass is 220 g/mol. The Labute approximate surface area is 103 Å². The summed E-state index contributed by atoms with van der Waals surface area (Å²) in [7, 11) is -4.22. The van der Waals surface area contributed by atoms with Crippen molar-refractivity contribution in [2.45, 2.75) is 39.0 Å². The first-order valence-corrected chi connectivity index (χ1v) is 5.79. The third-order valence-electron chi connectivity index (χ3n) is 1.51. The second kappa shape index (κ2) is 9.66. The first kappa shape index (κ1) is 16.5. The predicted octanol–water partition coefficient (Wildman–Crippen LogP) is -0.817. The van der Waals surface area contributed by atoms with Crippen LogP contribution in [0.1, 0.15) is 40.5 Å². The fourth-order valence-electron chi connectivity index (χ4n) is 0.889. The van der Waals surface area contributed by atoms with E-state index in [0.29, 0.717) is 0 Å². The van der Waals surface area contributed by atoms with E-state index in [9.17, 15) is 4.57 Å². The van der Waals surface area contributed by atoms with Gasteiger partial charge in [-0.2, -0.15) is 0 Å². The first-order valence-electron chi connectivity index (χ1n) is 4.26. The van der Waals surface area contributed by atoms with Crippen LogP contribution in [0.3, 0.4) is 0 Å². The van der Waals surface area contributed by atoms with Crippen LogP contribution >= 0.6 is 7.82 Å². The molecule has 0 aromatic heterocycles. The molecule has 0 radical (unpaired) electrons. The smallest absolute Gasteiger partial charge is 1.00 e. The van der Waals surface area contributed by atoms with Crippen LogP contribution in [-0.2, 0) is 9.09 Å². The van der Waals surface area contributed by atoms with Crippen molar-refractivity contribution in [2.24, 2.45) is 0 Å². The van der Waals surface area contributed by atoms with Crippen molar-refractivity contribution in [3.63, 3.8) is 0 Å². The fraction of sp³-hybridized carbons (Fsp3) is 1.00. The van der Waals surface area contributed by atoms with Gasteiger partial charge in [-0.3, -0.25) is 4.52 Å². The minimum absolute atomic E-state index is 0. The molecule has 2 N–H and O–H groups in total. The maximum absolute atomic E-state index is 10.2. The molecule has 0 bridgehead atoms. The summed E-state index contributed by atoms with van der Waals surface area (Å²) in [5, 5.41) is 0. The van der Waals surface area contributed by atoms with E-state index in [-0.39, 0.29) is 37.6 Å². The topological polar surface area (TPSA) is 66.8 Å². The summed E-state index contributed by atoms with van der Waals surface area (Å²) in [6.45, 7) is 2.28. The number of unbranched alkanes of at least 4 members (excludes halogenated alkanes) is 4. The Morgan fingerprint density at radius 3 is 2.23 bits per heavy atom. The van der Waals surface area contributed by atoms with Gasteiger partial charge < -0.3 is 11.2 Å². The minimum Gasteiger partial charge on any atom is -1.00 e. The van der Waals surface area contributed by atoms with Crippen molar-refractivity contribution >= 4 is 7.82 Å². The Kier molecular flexibility index (Phi) is 12.3. The van der Waals surface area contributed by atoms with Gasteiger partial charge in [-0.25, -0.2) is 4.57 Å². The normalized spacial score (nSPS) is 11.0. The maximum Gasteiger partial charge on any atom is 1.00 e. The Bertz CT molecular complexity index is 153. The van der Waals surface area contributed by atoms with E-state index in [1.807, 2.05) is 0 Å². The number of phosphoric ester groups is 1. The van der Waals surface area contributed by atoms with Crippen LogP contribution in [0.15, 0.2) is 0 Å². The average molecular weight is 220 g/mol. The third kappa shape index (κ3) is 15.8. The summed E-state index contributed by atoms with van der Waals surface area (Å²) in [6, 6.07) is 0. The van der Waals surface area contributed by atoms with Crippen LogP contribution in [0.2, 0.25) is 0 Å². The van der Waals surface area contributed by atoms with Gasteiger partial charge in [-0.15, -0.1) is 0 Å². The van der Waals surface area contributed by atoms with Gasteiger partial charge in [0.25, 0.3) is 0 Å². The van der Waals surface area contributed by atoms with Crippen LogP contribution in [0.4, 0.5) is 0 Å². The molecule has 0 saturated heterocycles. The molecule has 0 unspecified atom stereocenters. The number of rotatable bonds is 7. The zero-order valence-corrected chi connectivity index (χ0v) is 11.3. The molecule has 0 aromatic rings. The standard InChI is InChI=1S/C7H17O4P.Na.H/c1-2-3-4-5-6-7-11-12(8,9)10;;/h2-7H2,1H3,(H2,8,9,10);;/q;+1;-1. The number of hydrogen-bond acceptors (Lipinski definition) is 2. The van der Waals surface area contributed by atoms with E-state index in [1.54, 1.807) is 0 Å². The zero-order chi connectivity index (χ0) is 9.45. The Morgan fingerprint density at radius 2 is 1.77 bits per heavy atom. The summed E-state index contributed by atoms with van der Waals surface area (Å²) in [4.78, 5) is 16.6. The molecule has 0 saturated carbocycles. The summed E-state index contributed by atoms with van der Waals surface area (Å²) in [5.74, 6) is 0. The summed E-state index contributed by atoms with van der Waals surface area (Å²) in [5.41, 5.74) is 0. The minimum atomic E-state index is -4.22. The molecular formula is C7H18NaO4P. The zero-order valence-electron chi connectivity index (χ0n) is 9.40. The first-order chi connectivity index (χ1) is 5.56. The molecular weight excluding hydrogens is 202 g/mol. The molecule has 0 amide bonds. The van der Waals surface area contributed by atoms with Gasteiger partial charge in [-0.1, -0.05) is 32.6 Å². The Hall–Kier alpha value is 1.11. The quantitative estimate of drug-likeness (QED) is 0.334. The van der Waals surface area contributed by atoms with Gasteiger partial charge in [0.05, 0.1) is 6.61 Å². The van der Waals surface area contributed by atoms with E-state index in [0.717, 1.165) is 19.3 Å². The van der Waals surface area contributed by atoms with Gasteiger partial charge in [0.15, 0.2) is 0 Å². The molecule has 4 nitrogen and oxygen atoms in total. The van der Waals surface area contributed by atoms with Crippen molar-refractivity contribution in [1.29, 1.82) is 0 Å². The van der Waals surface area contributed by atoms with Gasteiger partial charge in [0.1, 0.15) is 0 Å². The third-order valence-corrected chi connectivity index (χ3v) is 2.03. The van der Waals surface area contributed by atoms with Crippen molar-refractivity contribution in [3.8, 4) is 0 Å². The van der Waals surface area contributed by atoms with Gasteiger partial charge in [0.2, 0.25) is 0 Å². The second-order valence-electron chi connectivity index (χ2n) is 2.74. The van der Waals surface area contributed by atoms with E-state index in [2.05, 4.69) is 11.4 Å². The van der Waals surface area contributed by atoms with Gasteiger partial charge in [0, 0.05) is 0 Å². The molecule has 0 spiro atoms. The Morgan fingerprint density at radius 1 is 1.23 bits per heavy atom. The van der Waals surface area contributed by atoms with Crippen molar-refractivity contribution in [1.82, 2.24) is 0 Å². The SMILES string of the molecule is CCCCCCCOP(=O)(O)O.[H-].[Na+]. The van der Waals surface area contributed by atoms with Gasteiger partial charge >= 0.3 is 37.4 Å². The van der Waals surface area contributed by atoms with E-state index < -0.39 is 7.82 Å². The van der Waals surface area contributed by atoms with Crippen LogP contribution in [0.25, 0.3) is 0 Å². The molecule has 0 atom stereocenters. The van der Waals surface area contributed by atoms with Crippen LogP contribution in [0.5, 0.6) is 0 Å². The molecule has 13 heavy (non-hydrogen) atoms. The van der Waals surface area contributed by atoms with Crippen molar-refractivity contribution in [2.75, 3.05) is 6.61 Å².